The topological polar surface area (TPSA) is 94.3 Å². The summed E-state index contributed by atoms with van der Waals surface area (Å²) >= 11 is 0. The van der Waals surface area contributed by atoms with Gasteiger partial charge in [0, 0.05) is 24.8 Å². The molecule has 2 heterocycles. The molecule has 0 bridgehead atoms. The lowest BCUT2D eigenvalue weighted by Crippen LogP contribution is -2.09. The van der Waals surface area contributed by atoms with Crippen LogP contribution in [0.3, 0.4) is 0 Å². The van der Waals surface area contributed by atoms with E-state index in [4.69, 9.17) is 9.47 Å². The van der Waals surface area contributed by atoms with Crippen molar-refractivity contribution in [3.05, 3.63) is 36.4 Å². The first-order valence-electron chi connectivity index (χ1n) is 8.03. The van der Waals surface area contributed by atoms with Crippen LogP contribution >= 0.6 is 0 Å². The zero-order valence-corrected chi connectivity index (χ0v) is 14.4. The minimum absolute atomic E-state index is 0.157. The van der Waals surface area contributed by atoms with E-state index in [1.807, 2.05) is 18.4 Å². The lowest BCUT2D eigenvalue weighted by atomic mass is 10.2. The van der Waals surface area contributed by atoms with Gasteiger partial charge in [0.05, 0.1) is 13.4 Å². The molecule has 8 nitrogen and oxygen atoms in total. The number of anilines is 1. The van der Waals surface area contributed by atoms with Crippen LogP contribution in [0, 0.1) is 0 Å². The molecule has 3 rings (SSSR count). The number of hydrogen-bond donors (Lipinski definition) is 2. The second-order valence-corrected chi connectivity index (χ2v) is 5.45. The zero-order valence-electron chi connectivity index (χ0n) is 14.4. The highest BCUT2D eigenvalue weighted by Crippen LogP contribution is 2.26. The van der Waals surface area contributed by atoms with Crippen LogP contribution in [0.1, 0.15) is 25.6 Å². The van der Waals surface area contributed by atoms with Crippen LogP contribution in [-0.2, 0) is 11.3 Å². The highest BCUT2D eigenvalue weighted by Gasteiger charge is 2.14. The average Bonchev–Trinajstić information content (AvgIpc) is 3.05. The Labute approximate surface area is 145 Å². The van der Waals surface area contributed by atoms with Gasteiger partial charge in [0.2, 0.25) is 0 Å². The fraction of sp³-hybridized carbons (Fsp3) is 0.353. The van der Waals surface area contributed by atoms with E-state index in [-0.39, 0.29) is 12.0 Å². The van der Waals surface area contributed by atoms with Crippen LogP contribution in [0.5, 0.6) is 11.5 Å². The molecule has 0 fully saturated rings. The van der Waals surface area contributed by atoms with Crippen molar-refractivity contribution in [1.29, 1.82) is 0 Å². The van der Waals surface area contributed by atoms with E-state index in [1.54, 1.807) is 31.6 Å². The predicted octanol–water partition coefficient (Wildman–Crippen LogP) is 2.71. The van der Waals surface area contributed by atoms with Crippen molar-refractivity contribution in [2.45, 2.75) is 26.6 Å². The number of phenols is 1. The van der Waals surface area contributed by atoms with Crippen molar-refractivity contribution in [2.75, 3.05) is 19.0 Å². The van der Waals surface area contributed by atoms with Crippen LogP contribution in [0.25, 0.3) is 11.2 Å². The summed E-state index contributed by atoms with van der Waals surface area (Å²) in [7, 11) is 1.57. The lowest BCUT2D eigenvalue weighted by Gasteiger charge is -2.13. The predicted molar refractivity (Wildman–Crippen MR) is 93.6 cm³/mol. The Balaban J connectivity index is 1.85. The number of nitrogens with zero attached hydrogens (tertiary/aromatic N) is 4. The summed E-state index contributed by atoms with van der Waals surface area (Å²) in [5.41, 5.74) is 2.28. The number of benzene rings is 1. The number of aromatic nitrogens is 4. The fourth-order valence-corrected chi connectivity index (χ4v) is 2.63. The van der Waals surface area contributed by atoms with Gasteiger partial charge in [-0.1, -0.05) is 0 Å². The summed E-state index contributed by atoms with van der Waals surface area (Å²) in [5.74, 6) is 1.39. The van der Waals surface area contributed by atoms with Gasteiger partial charge in [0.15, 0.2) is 17.0 Å². The minimum atomic E-state index is -0.157. The number of aromatic hydroxyl groups is 1. The Morgan fingerprint density at radius 3 is 2.88 bits per heavy atom. The molecule has 1 atom stereocenters. The van der Waals surface area contributed by atoms with Gasteiger partial charge in [-0.3, -0.25) is 4.57 Å². The normalized spacial score (nSPS) is 12.3. The van der Waals surface area contributed by atoms with Crippen molar-refractivity contribution in [3.8, 4) is 11.5 Å². The third-order valence-electron chi connectivity index (χ3n) is 3.88. The summed E-state index contributed by atoms with van der Waals surface area (Å²) < 4.78 is 12.8. The van der Waals surface area contributed by atoms with Gasteiger partial charge >= 0.3 is 0 Å². The molecule has 0 aliphatic carbocycles. The maximum atomic E-state index is 9.55. The van der Waals surface area contributed by atoms with Crippen LogP contribution < -0.4 is 10.1 Å². The Morgan fingerprint density at radius 2 is 2.12 bits per heavy atom. The van der Waals surface area contributed by atoms with E-state index in [0.717, 1.165) is 5.56 Å². The molecule has 0 aliphatic heterocycles. The third kappa shape index (κ3) is 3.48. The highest BCUT2D eigenvalue weighted by atomic mass is 16.5. The van der Waals surface area contributed by atoms with Gasteiger partial charge in [-0.15, -0.1) is 0 Å². The molecule has 2 aromatic heterocycles. The Kier molecular flexibility index (Phi) is 4.99. The second-order valence-electron chi connectivity index (χ2n) is 5.45. The average molecular weight is 343 g/mol. The first-order valence-corrected chi connectivity index (χ1v) is 8.03. The van der Waals surface area contributed by atoms with Crippen LogP contribution in [0.2, 0.25) is 0 Å². The van der Waals surface area contributed by atoms with E-state index in [0.29, 0.717) is 35.9 Å². The second kappa shape index (κ2) is 7.35. The van der Waals surface area contributed by atoms with Crippen LogP contribution in [0.15, 0.2) is 30.9 Å². The van der Waals surface area contributed by atoms with Gasteiger partial charge in [0.25, 0.3) is 0 Å². The standard InChI is InChI=1S/C17H21N5O3/c1-4-25-11(2)22-10-21-15-16(19-9-20-17(15)22)18-8-12-5-6-13(23)7-14(12)24-3/h5-7,9-11,23H,4,8H2,1-3H3,(H,18,19,20). The number of imidazole rings is 1. The molecular weight excluding hydrogens is 322 g/mol. The molecule has 1 unspecified atom stereocenters. The molecule has 0 saturated heterocycles. The maximum absolute atomic E-state index is 9.55. The molecule has 8 heteroatoms. The summed E-state index contributed by atoms with van der Waals surface area (Å²) in [5, 5.41) is 12.8. The number of rotatable bonds is 7. The third-order valence-corrected chi connectivity index (χ3v) is 3.88. The Bertz CT molecular complexity index is 865. The van der Waals surface area contributed by atoms with E-state index in [9.17, 15) is 5.11 Å². The van der Waals surface area contributed by atoms with Crippen molar-refractivity contribution >= 4 is 17.0 Å². The Morgan fingerprint density at radius 1 is 1.28 bits per heavy atom. The van der Waals surface area contributed by atoms with Gasteiger partial charge in [-0.2, -0.15) is 0 Å². The van der Waals surface area contributed by atoms with Crippen molar-refractivity contribution in [1.82, 2.24) is 19.5 Å². The summed E-state index contributed by atoms with van der Waals surface area (Å²) in [6.45, 7) is 4.98. The monoisotopic (exact) mass is 343 g/mol. The van der Waals surface area contributed by atoms with Crippen molar-refractivity contribution in [2.24, 2.45) is 0 Å². The summed E-state index contributed by atoms with van der Waals surface area (Å²) in [6.07, 6.45) is 3.04. The molecule has 0 spiro atoms. The van der Waals surface area contributed by atoms with Gasteiger partial charge in [0.1, 0.15) is 24.1 Å². The zero-order chi connectivity index (χ0) is 17.8. The van der Waals surface area contributed by atoms with Gasteiger partial charge in [-0.05, 0) is 26.0 Å². The molecule has 132 valence electrons. The number of fused-ring (bicyclic) bond motifs is 1. The SMILES string of the molecule is CCOC(C)n1cnc2c(NCc3ccc(O)cc3OC)ncnc21. The van der Waals surface area contributed by atoms with Crippen molar-refractivity contribution < 1.29 is 14.6 Å². The minimum Gasteiger partial charge on any atom is -0.508 e. The summed E-state index contributed by atoms with van der Waals surface area (Å²) in [6, 6.07) is 4.99. The number of methoxy groups -OCH3 is 1. The molecule has 25 heavy (non-hydrogen) atoms. The lowest BCUT2D eigenvalue weighted by molar-refractivity contribution is 0.0272. The quantitative estimate of drug-likeness (QED) is 0.681. The van der Waals surface area contributed by atoms with Crippen LogP contribution in [-0.4, -0.2) is 38.3 Å². The van der Waals surface area contributed by atoms with E-state index in [2.05, 4.69) is 20.3 Å². The maximum Gasteiger partial charge on any atom is 0.167 e. The molecule has 3 aromatic rings. The van der Waals surface area contributed by atoms with E-state index >= 15 is 0 Å². The highest BCUT2D eigenvalue weighted by molar-refractivity contribution is 5.82. The first kappa shape index (κ1) is 17.0. The fourth-order valence-electron chi connectivity index (χ4n) is 2.63. The number of ether oxygens (including phenoxy) is 2. The van der Waals surface area contributed by atoms with Gasteiger partial charge in [-0.25, -0.2) is 15.0 Å². The first-order chi connectivity index (χ1) is 12.1. The molecule has 0 aliphatic rings. The smallest absolute Gasteiger partial charge is 0.167 e. The van der Waals surface area contributed by atoms with E-state index < -0.39 is 0 Å². The molecule has 1 aromatic carbocycles. The Hall–Kier alpha value is -2.87. The molecular formula is C17H21N5O3. The molecule has 0 saturated carbocycles. The van der Waals surface area contributed by atoms with Gasteiger partial charge < -0.3 is 19.9 Å². The van der Waals surface area contributed by atoms with Crippen LogP contribution in [0.4, 0.5) is 5.82 Å². The number of hydrogen-bond acceptors (Lipinski definition) is 7. The summed E-state index contributed by atoms with van der Waals surface area (Å²) in [4.78, 5) is 13.0. The number of nitrogens with one attached hydrogen (secondary N) is 1. The molecule has 0 amide bonds. The largest absolute Gasteiger partial charge is 0.508 e. The van der Waals surface area contributed by atoms with Crippen molar-refractivity contribution in [3.63, 3.8) is 0 Å². The van der Waals surface area contributed by atoms with E-state index in [1.165, 1.54) is 6.33 Å². The molecule has 2 N–H and O–H groups in total. The number of phenolic OH excluding ortho intramolecular Hbond substituents is 1. The molecule has 0 radical (unpaired) electrons.